The maximum Gasteiger partial charge on any atom is 0.251 e. The molecule has 0 aliphatic heterocycles. The highest BCUT2D eigenvalue weighted by Crippen LogP contribution is 2.12. The first kappa shape index (κ1) is 11.4. The summed E-state index contributed by atoms with van der Waals surface area (Å²) in [6.45, 7) is 1.93. The Hall–Kier alpha value is -2.70. The highest BCUT2D eigenvalue weighted by atomic mass is 16.5. The number of hydrogen-bond donors (Lipinski definition) is 2. The molecule has 1 aromatic carbocycles. The zero-order valence-electron chi connectivity index (χ0n) is 10.2. The topological polar surface area (TPSA) is 96.7 Å². The van der Waals surface area contributed by atoms with E-state index in [1.807, 2.05) is 6.07 Å². The monoisotopic (exact) mass is 257 g/mol. The number of hydrogen-bond acceptors (Lipinski definition) is 5. The van der Waals surface area contributed by atoms with Crippen LogP contribution < -0.4 is 5.32 Å². The molecule has 0 saturated heterocycles. The van der Waals surface area contributed by atoms with E-state index in [0.717, 1.165) is 10.9 Å². The van der Waals surface area contributed by atoms with Crippen molar-refractivity contribution in [1.29, 1.82) is 0 Å². The van der Waals surface area contributed by atoms with E-state index in [9.17, 15) is 4.79 Å². The average molecular weight is 257 g/mol. The second-order valence-electron chi connectivity index (χ2n) is 4.08. The van der Waals surface area contributed by atoms with Crippen molar-refractivity contribution in [1.82, 2.24) is 25.7 Å². The first-order valence-corrected chi connectivity index (χ1v) is 5.73. The lowest BCUT2D eigenvalue weighted by Gasteiger charge is -2.02. The van der Waals surface area contributed by atoms with Gasteiger partial charge in [0.1, 0.15) is 0 Å². The molecule has 19 heavy (non-hydrogen) atoms. The second kappa shape index (κ2) is 4.52. The molecule has 0 saturated carbocycles. The van der Waals surface area contributed by atoms with Gasteiger partial charge < -0.3 is 9.84 Å². The molecule has 2 N–H and O–H groups in total. The first-order chi connectivity index (χ1) is 9.22. The largest absolute Gasteiger partial charge is 0.345 e. The van der Waals surface area contributed by atoms with Crippen LogP contribution in [0.15, 0.2) is 28.9 Å². The Morgan fingerprint density at radius 2 is 2.37 bits per heavy atom. The van der Waals surface area contributed by atoms with Crippen LogP contribution in [-0.2, 0) is 6.54 Å². The van der Waals surface area contributed by atoms with Crippen molar-refractivity contribution in [3.8, 4) is 0 Å². The summed E-state index contributed by atoms with van der Waals surface area (Å²) in [6, 6.07) is 5.33. The minimum absolute atomic E-state index is 0.195. The molecule has 2 aromatic heterocycles. The Bertz CT molecular complexity index is 730. The van der Waals surface area contributed by atoms with Crippen molar-refractivity contribution in [2.75, 3.05) is 0 Å². The molecular weight excluding hydrogens is 246 g/mol. The zero-order chi connectivity index (χ0) is 13.2. The van der Waals surface area contributed by atoms with E-state index in [4.69, 9.17) is 4.52 Å². The molecule has 0 aliphatic carbocycles. The van der Waals surface area contributed by atoms with Gasteiger partial charge in [0.15, 0.2) is 5.82 Å². The molecule has 2 heterocycles. The van der Waals surface area contributed by atoms with Gasteiger partial charge in [-0.05, 0) is 12.1 Å². The number of carbonyl (C=O) groups is 1. The maximum absolute atomic E-state index is 12.0. The number of aromatic nitrogens is 4. The van der Waals surface area contributed by atoms with Gasteiger partial charge in [0.2, 0.25) is 5.89 Å². The fourth-order valence-corrected chi connectivity index (χ4v) is 1.75. The van der Waals surface area contributed by atoms with Crippen LogP contribution in [0.5, 0.6) is 0 Å². The Balaban J connectivity index is 1.72. The average Bonchev–Trinajstić information content (AvgIpc) is 3.03. The zero-order valence-corrected chi connectivity index (χ0v) is 10.2. The number of rotatable bonds is 3. The first-order valence-electron chi connectivity index (χ1n) is 5.73. The molecule has 96 valence electrons. The van der Waals surface area contributed by atoms with Crippen LogP contribution >= 0.6 is 0 Å². The highest BCUT2D eigenvalue weighted by molar-refractivity contribution is 5.97. The van der Waals surface area contributed by atoms with Crippen LogP contribution in [0.3, 0.4) is 0 Å². The summed E-state index contributed by atoms with van der Waals surface area (Å²) in [5.74, 6) is 0.732. The van der Waals surface area contributed by atoms with E-state index < -0.39 is 0 Å². The molecule has 0 aliphatic rings. The lowest BCUT2D eigenvalue weighted by Crippen LogP contribution is -2.23. The summed E-state index contributed by atoms with van der Waals surface area (Å²) >= 11 is 0. The lowest BCUT2D eigenvalue weighted by molar-refractivity contribution is 0.0950. The van der Waals surface area contributed by atoms with Gasteiger partial charge in [-0.15, -0.1) is 0 Å². The van der Waals surface area contributed by atoms with E-state index >= 15 is 0 Å². The fourth-order valence-electron chi connectivity index (χ4n) is 1.75. The van der Waals surface area contributed by atoms with Gasteiger partial charge in [0, 0.05) is 17.9 Å². The minimum atomic E-state index is -0.195. The number of benzene rings is 1. The van der Waals surface area contributed by atoms with Crippen molar-refractivity contribution < 1.29 is 9.32 Å². The molecule has 0 radical (unpaired) electrons. The van der Waals surface area contributed by atoms with Crippen LogP contribution in [0.1, 0.15) is 22.1 Å². The summed E-state index contributed by atoms with van der Waals surface area (Å²) < 4.78 is 4.82. The highest BCUT2D eigenvalue weighted by Gasteiger charge is 2.09. The summed E-state index contributed by atoms with van der Waals surface area (Å²) in [5.41, 5.74) is 1.38. The summed E-state index contributed by atoms with van der Waals surface area (Å²) in [5, 5.41) is 14.1. The SMILES string of the molecule is Cc1nc(CNC(=O)c2ccc3cn[nH]c3c2)no1. The number of amides is 1. The third kappa shape index (κ3) is 2.30. The molecule has 0 bridgehead atoms. The van der Waals surface area contributed by atoms with Crippen LogP contribution in [0.25, 0.3) is 10.9 Å². The number of fused-ring (bicyclic) bond motifs is 1. The number of nitrogens with one attached hydrogen (secondary N) is 2. The molecule has 0 fully saturated rings. The van der Waals surface area contributed by atoms with Crippen LogP contribution in [0.4, 0.5) is 0 Å². The Labute approximate surface area is 108 Å². The third-order valence-corrected chi connectivity index (χ3v) is 2.68. The van der Waals surface area contributed by atoms with Gasteiger partial charge >= 0.3 is 0 Å². The molecule has 3 aromatic rings. The van der Waals surface area contributed by atoms with Crippen LogP contribution in [0, 0.1) is 6.92 Å². The number of nitrogens with zero attached hydrogens (tertiary/aromatic N) is 3. The summed E-state index contributed by atoms with van der Waals surface area (Å²) in [6.07, 6.45) is 1.71. The van der Waals surface area contributed by atoms with Crippen LogP contribution in [0.2, 0.25) is 0 Å². The smallest absolute Gasteiger partial charge is 0.251 e. The van der Waals surface area contributed by atoms with E-state index in [2.05, 4.69) is 25.7 Å². The Morgan fingerprint density at radius 3 is 3.16 bits per heavy atom. The maximum atomic E-state index is 12.0. The van der Waals surface area contributed by atoms with Crippen molar-refractivity contribution in [2.24, 2.45) is 0 Å². The van der Waals surface area contributed by atoms with Crippen molar-refractivity contribution in [3.05, 3.63) is 41.7 Å². The van der Waals surface area contributed by atoms with Crippen LogP contribution in [-0.4, -0.2) is 26.2 Å². The molecule has 0 atom stereocenters. The molecule has 0 spiro atoms. The molecule has 7 heteroatoms. The minimum Gasteiger partial charge on any atom is -0.345 e. The third-order valence-electron chi connectivity index (χ3n) is 2.68. The molecule has 1 amide bonds. The van der Waals surface area contributed by atoms with Gasteiger partial charge in [-0.2, -0.15) is 10.1 Å². The standard InChI is InChI=1S/C12H11N5O2/c1-7-15-11(17-19-7)6-13-12(18)8-2-3-9-5-14-16-10(9)4-8/h2-5H,6H2,1H3,(H,13,18)(H,14,16). The molecular formula is C12H11N5O2. The summed E-state index contributed by atoms with van der Waals surface area (Å²) in [7, 11) is 0. The molecule has 0 unspecified atom stereocenters. The van der Waals surface area contributed by atoms with Gasteiger partial charge in [-0.3, -0.25) is 9.89 Å². The number of H-pyrrole nitrogens is 1. The molecule has 7 nitrogen and oxygen atoms in total. The lowest BCUT2D eigenvalue weighted by atomic mass is 10.1. The van der Waals surface area contributed by atoms with E-state index in [1.54, 1.807) is 25.3 Å². The normalized spacial score (nSPS) is 10.8. The van der Waals surface area contributed by atoms with Gasteiger partial charge in [0.25, 0.3) is 5.91 Å². The number of aromatic amines is 1. The van der Waals surface area contributed by atoms with Crippen molar-refractivity contribution in [2.45, 2.75) is 13.5 Å². The predicted molar refractivity (Wildman–Crippen MR) is 66.3 cm³/mol. The quantitative estimate of drug-likeness (QED) is 0.734. The van der Waals surface area contributed by atoms with Crippen molar-refractivity contribution in [3.63, 3.8) is 0 Å². The fraction of sp³-hybridized carbons (Fsp3) is 0.167. The van der Waals surface area contributed by atoms with E-state index in [0.29, 0.717) is 17.3 Å². The van der Waals surface area contributed by atoms with E-state index in [1.165, 1.54) is 0 Å². The summed E-state index contributed by atoms with van der Waals surface area (Å²) in [4.78, 5) is 16.0. The number of aryl methyl sites for hydroxylation is 1. The Kier molecular flexibility index (Phi) is 2.71. The van der Waals surface area contributed by atoms with Crippen molar-refractivity contribution >= 4 is 16.8 Å². The Morgan fingerprint density at radius 1 is 1.47 bits per heavy atom. The number of carbonyl (C=O) groups excluding carboxylic acids is 1. The van der Waals surface area contributed by atoms with Gasteiger partial charge in [-0.1, -0.05) is 11.2 Å². The molecule has 3 rings (SSSR count). The van der Waals surface area contributed by atoms with Gasteiger partial charge in [0.05, 0.1) is 18.3 Å². The van der Waals surface area contributed by atoms with Gasteiger partial charge in [-0.25, -0.2) is 0 Å². The van der Waals surface area contributed by atoms with E-state index in [-0.39, 0.29) is 12.5 Å². The second-order valence-corrected chi connectivity index (χ2v) is 4.08. The predicted octanol–water partition coefficient (Wildman–Crippen LogP) is 1.18.